The first-order valence-corrected chi connectivity index (χ1v) is 6.31. The van der Waals surface area contributed by atoms with Gasteiger partial charge in [0.05, 0.1) is 12.6 Å². The van der Waals surface area contributed by atoms with E-state index in [0.29, 0.717) is 5.69 Å². The quantitative estimate of drug-likeness (QED) is 0.684. The Hall–Kier alpha value is -2.62. The van der Waals surface area contributed by atoms with Crippen LogP contribution in [0, 0.1) is 6.92 Å². The lowest BCUT2D eigenvalue weighted by Gasteiger charge is -2.04. The Morgan fingerprint density at radius 3 is 2.85 bits per heavy atom. The lowest BCUT2D eigenvalue weighted by molar-refractivity contribution is 0.112. The molecule has 0 atom stereocenters. The highest BCUT2D eigenvalue weighted by Crippen LogP contribution is 2.25. The zero-order chi connectivity index (χ0) is 14.1. The maximum Gasteiger partial charge on any atom is 0.170 e. The first kappa shape index (κ1) is 12.4. The van der Waals surface area contributed by atoms with Crippen LogP contribution in [0.1, 0.15) is 16.1 Å². The standard InChI is InChI=1S/C16H14N2O2/c1-11-6-7-18-15(8-11)14(10-19)17-16(18)12-4-3-5-13(9-12)20-2/h3-10H,1-2H3. The van der Waals surface area contributed by atoms with Crippen LogP contribution in [0.25, 0.3) is 16.9 Å². The van der Waals surface area contributed by atoms with E-state index in [4.69, 9.17) is 4.74 Å². The van der Waals surface area contributed by atoms with Crippen molar-refractivity contribution in [3.8, 4) is 17.1 Å². The molecule has 0 N–H and O–H groups in total. The highest BCUT2D eigenvalue weighted by atomic mass is 16.5. The highest BCUT2D eigenvalue weighted by molar-refractivity contribution is 5.86. The molecule has 0 unspecified atom stereocenters. The second-order valence-corrected chi connectivity index (χ2v) is 4.63. The molecular weight excluding hydrogens is 252 g/mol. The minimum Gasteiger partial charge on any atom is -0.497 e. The molecule has 2 heterocycles. The van der Waals surface area contributed by atoms with Crippen molar-refractivity contribution in [3.05, 3.63) is 53.9 Å². The number of methoxy groups -OCH3 is 1. The van der Waals surface area contributed by atoms with Gasteiger partial charge in [-0.2, -0.15) is 0 Å². The second-order valence-electron chi connectivity index (χ2n) is 4.63. The fourth-order valence-electron chi connectivity index (χ4n) is 2.27. The van der Waals surface area contributed by atoms with Crippen molar-refractivity contribution in [2.45, 2.75) is 6.92 Å². The number of benzene rings is 1. The summed E-state index contributed by atoms with van der Waals surface area (Å²) < 4.78 is 7.16. The highest BCUT2D eigenvalue weighted by Gasteiger charge is 2.12. The molecule has 0 aliphatic rings. The Kier molecular flexibility index (Phi) is 2.99. The summed E-state index contributed by atoms with van der Waals surface area (Å²) in [7, 11) is 1.63. The first-order valence-electron chi connectivity index (χ1n) is 6.31. The third kappa shape index (κ3) is 1.95. The molecule has 0 saturated carbocycles. The van der Waals surface area contributed by atoms with Crippen LogP contribution in [0.2, 0.25) is 0 Å². The van der Waals surface area contributed by atoms with Crippen molar-refractivity contribution in [1.82, 2.24) is 9.38 Å². The largest absolute Gasteiger partial charge is 0.497 e. The number of carbonyl (C=O) groups is 1. The molecular formula is C16H14N2O2. The smallest absolute Gasteiger partial charge is 0.170 e. The number of hydrogen-bond donors (Lipinski definition) is 0. The van der Waals surface area contributed by atoms with E-state index in [1.54, 1.807) is 7.11 Å². The maximum absolute atomic E-state index is 11.2. The van der Waals surface area contributed by atoms with E-state index in [-0.39, 0.29) is 0 Å². The summed E-state index contributed by atoms with van der Waals surface area (Å²) in [6, 6.07) is 11.6. The molecule has 0 radical (unpaired) electrons. The van der Waals surface area contributed by atoms with E-state index in [1.807, 2.05) is 53.9 Å². The number of aromatic nitrogens is 2. The number of imidazole rings is 1. The van der Waals surface area contributed by atoms with Gasteiger partial charge in [0.15, 0.2) is 6.29 Å². The fourth-order valence-corrected chi connectivity index (χ4v) is 2.27. The molecule has 0 aliphatic carbocycles. The molecule has 4 heteroatoms. The Morgan fingerprint density at radius 2 is 2.10 bits per heavy atom. The maximum atomic E-state index is 11.2. The van der Waals surface area contributed by atoms with Crippen LogP contribution >= 0.6 is 0 Å². The number of aryl methyl sites for hydroxylation is 1. The van der Waals surface area contributed by atoms with Crippen LogP contribution in [0.5, 0.6) is 5.75 Å². The van der Waals surface area contributed by atoms with Gasteiger partial charge in [-0.3, -0.25) is 9.20 Å². The van der Waals surface area contributed by atoms with Gasteiger partial charge in [-0.05, 0) is 36.8 Å². The van der Waals surface area contributed by atoms with Crippen molar-refractivity contribution in [3.63, 3.8) is 0 Å². The number of ether oxygens (including phenoxy) is 1. The summed E-state index contributed by atoms with van der Waals surface area (Å²) in [4.78, 5) is 15.6. The number of fused-ring (bicyclic) bond motifs is 1. The van der Waals surface area contributed by atoms with E-state index in [1.165, 1.54) is 0 Å². The fraction of sp³-hybridized carbons (Fsp3) is 0.125. The van der Waals surface area contributed by atoms with Crippen molar-refractivity contribution < 1.29 is 9.53 Å². The van der Waals surface area contributed by atoms with Crippen molar-refractivity contribution in [1.29, 1.82) is 0 Å². The molecule has 2 aromatic heterocycles. The summed E-state index contributed by atoms with van der Waals surface area (Å²) in [6.45, 7) is 1.99. The van der Waals surface area contributed by atoms with Crippen LogP contribution in [-0.4, -0.2) is 22.8 Å². The Labute approximate surface area is 116 Å². The average molecular weight is 266 g/mol. The molecule has 100 valence electrons. The minimum absolute atomic E-state index is 0.450. The summed E-state index contributed by atoms with van der Waals surface area (Å²) in [5, 5.41) is 0. The van der Waals surface area contributed by atoms with E-state index in [2.05, 4.69) is 4.98 Å². The number of pyridine rings is 1. The number of hydrogen-bond acceptors (Lipinski definition) is 3. The lowest BCUT2D eigenvalue weighted by Crippen LogP contribution is -1.90. The van der Waals surface area contributed by atoms with Gasteiger partial charge >= 0.3 is 0 Å². The normalized spacial score (nSPS) is 10.7. The van der Waals surface area contributed by atoms with Gasteiger partial charge in [-0.15, -0.1) is 0 Å². The SMILES string of the molecule is COc1cccc(-c2nc(C=O)c3cc(C)ccn23)c1. The van der Waals surface area contributed by atoms with Crippen LogP contribution < -0.4 is 4.74 Å². The molecule has 3 aromatic rings. The van der Waals surface area contributed by atoms with Crippen molar-refractivity contribution in [2.75, 3.05) is 7.11 Å². The predicted molar refractivity (Wildman–Crippen MR) is 77.3 cm³/mol. The third-order valence-corrected chi connectivity index (χ3v) is 3.27. The molecule has 0 spiro atoms. The summed E-state index contributed by atoms with van der Waals surface area (Å²) >= 11 is 0. The minimum atomic E-state index is 0.450. The molecule has 4 nitrogen and oxygen atoms in total. The van der Waals surface area contributed by atoms with Crippen LogP contribution in [0.3, 0.4) is 0 Å². The zero-order valence-electron chi connectivity index (χ0n) is 11.3. The van der Waals surface area contributed by atoms with Crippen molar-refractivity contribution >= 4 is 11.8 Å². The average Bonchev–Trinajstić information content (AvgIpc) is 2.85. The topological polar surface area (TPSA) is 43.6 Å². The monoisotopic (exact) mass is 266 g/mol. The molecule has 0 saturated heterocycles. The number of nitrogens with zero attached hydrogens (tertiary/aromatic N) is 2. The molecule has 1 aromatic carbocycles. The van der Waals surface area contributed by atoms with Gasteiger partial charge in [-0.1, -0.05) is 12.1 Å². The Balaban J connectivity index is 2.28. The van der Waals surface area contributed by atoms with E-state index >= 15 is 0 Å². The Bertz CT molecular complexity index is 790. The van der Waals surface area contributed by atoms with Gasteiger partial charge in [-0.25, -0.2) is 4.98 Å². The van der Waals surface area contributed by atoms with E-state index in [9.17, 15) is 4.79 Å². The second kappa shape index (κ2) is 4.81. The summed E-state index contributed by atoms with van der Waals surface area (Å²) in [6.07, 6.45) is 2.72. The summed E-state index contributed by atoms with van der Waals surface area (Å²) in [5.74, 6) is 1.50. The lowest BCUT2D eigenvalue weighted by atomic mass is 10.2. The van der Waals surface area contributed by atoms with Gasteiger partial charge in [0, 0.05) is 11.8 Å². The number of aldehydes is 1. The molecule has 0 bridgehead atoms. The van der Waals surface area contributed by atoms with Gasteiger partial charge in [0.25, 0.3) is 0 Å². The van der Waals surface area contributed by atoms with Gasteiger partial charge < -0.3 is 4.74 Å². The molecule has 0 aliphatic heterocycles. The van der Waals surface area contributed by atoms with Crippen LogP contribution in [0.15, 0.2) is 42.6 Å². The van der Waals surface area contributed by atoms with Gasteiger partial charge in [0.2, 0.25) is 0 Å². The number of carbonyl (C=O) groups excluding carboxylic acids is 1. The first-order chi connectivity index (χ1) is 9.72. The van der Waals surface area contributed by atoms with E-state index in [0.717, 1.165) is 34.5 Å². The van der Waals surface area contributed by atoms with E-state index < -0.39 is 0 Å². The predicted octanol–water partition coefficient (Wildman–Crippen LogP) is 3.13. The zero-order valence-corrected chi connectivity index (χ0v) is 11.3. The third-order valence-electron chi connectivity index (χ3n) is 3.27. The number of rotatable bonds is 3. The molecule has 0 fully saturated rings. The summed E-state index contributed by atoms with van der Waals surface area (Å²) in [5.41, 5.74) is 3.28. The van der Waals surface area contributed by atoms with Crippen LogP contribution in [0.4, 0.5) is 0 Å². The van der Waals surface area contributed by atoms with Crippen LogP contribution in [-0.2, 0) is 0 Å². The Morgan fingerprint density at radius 1 is 1.25 bits per heavy atom. The molecule has 3 rings (SSSR count). The molecule has 20 heavy (non-hydrogen) atoms. The van der Waals surface area contributed by atoms with Gasteiger partial charge in [0.1, 0.15) is 17.3 Å². The van der Waals surface area contributed by atoms with Crippen molar-refractivity contribution in [2.24, 2.45) is 0 Å². The molecule has 0 amide bonds.